The standard InChI is InChI=1S/C9H18O/c1-3-9(10-4-2)7-5-6-8-9/h3-8H2,1-2H3. The number of ether oxygens (including phenoxy) is 1. The molecule has 60 valence electrons. The molecule has 0 amide bonds. The quantitative estimate of drug-likeness (QED) is 0.588. The van der Waals surface area contributed by atoms with E-state index in [0.717, 1.165) is 6.61 Å². The first-order chi connectivity index (χ1) is 4.83. The summed E-state index contributed by atoms with van der Waals surface area (Å²) in [5.41, 5.74) is 0.286. The van der Waals surface area contributed by atoms with Crippen LogP contribution in [0.15, 0.2) is 0 Å². The summed E-state index contributed by atoms with van der Waals surface area (Å²) in [6.07, 6.45) is 6.51. The van der Waals surface area contributed by atoms with E-state index < -0.39 is 0 Å². The fourth-order valence-electron chi connectivity index (χ4n) is 1.93. The van der Waals surface area contributed by atoms with Gasteiger partial charge in [-0.05, 0) is 26.2 Å². The van der Waals surface area contributed by atoms with E-state index in [4.69, 9.17) is 4.74 Å². The molecule has 1 rings (SSSR count). The summed E-state index contributed by atoms with van der Waals surface area (Å²) >= 11 is 0. The minimum atomic E-state index is 0.286. The highest BCUT2D eigenvalue weighted by atomic mass is 16.5. The predicted octanol–water partition coefficient (Wildman–Crippen LogP) is 2.75. The van der Waals surface area contributed by atoms with Crippen LogP contribution in [-0.2, 0) is 4.74 Å². The van der Waals surface area contributed by atoms with Gasteiger partial charge in [-0.25, -0.2) is 0 Å². The van der Waals surface area contributed by atoms with Crippen LogP contribution in [0.2, 0.25) is 0 Å². The van der Waals surface area contributed by atoms with E-state index in [0.29, 0.717) is 0 Å². The highest BCUT2D eigenvalue weighted by Gasteiger charge is 2.31. The van der Waals surface area contributed by atoms with Gasteiger partial charge in [0.05, 0.1) is 5.60 Å². The molecule has 0 saturated heterocycles. The second kappa shape index (κ2) is 3.38. The normalized spacial score (nSPS) is 23.4. The molecular weight excluding hydrogens is 124 g/mol. The van der Waals surface area contributed by atoms with Crippen LogP contribution in [0.4, 0.5) is 0 Å². The summed E-state index contributed by atoms with van der Waals surface area (Å²) < 4.78 is 5.74. The molecule has 0 bridgehead atoms. The van der Waals surface area contributed by atoms with Gasteiger partial charge in [0.1, 0.15) is 0 Å². The molecule has 0 unspecified atom stereocenters. The van der Waals surface area contributed by atoms with E-state index in [1.165, 1.54) is 32.1 Å². The lowest BCUT2D eigenvalue weighted by Crippen LogP contribution is -2.27. The van der Waals surface area contributed by atoms with Crippen LogP contribution in [0.1, 0.15) is 46.0 Å². The third-order valence-electron chi connectivity index (χ3n) is 2.61. The Morgan fingerprint density at radius 2 is 1.80 bits per heavy atom. The molecule has 1 aliphatic carbocycles. The van der Waals surface area contributed by atoms with Crippen LogP contribution in [0.5, 0.6) is 0 Å². The highest BCUT2D eigenvalue weighted by molar-refractivity contribution is 4.84. The van der Waals surface area contributed by atoms with Gasteiger partial charge in [0, 0.05) is 6.61 Å². The maximum Gasteiger partial charge on any atom is 0.0679 e. The largest absolute Gasteiger partial charge is 0.375 e. The third-order valence-corrected chi connectivity index (χ3v) is 2.61. The van der Waals surface area contributed by atoms with Crippen LogP contribution >= 0.6 is 0 Å². The van der Waals surface area contributed by atoms with E-state index in [9.17, 15) is 0 Å². The maximum absolute atomic E-state index is 5.74. The van der Waals surface area contributed by atoms with Crippen molar-refractivity contribution in [1.29, 1.82) is 0 Å². The zero-order valence-corrected chi connectivity index (χ0v) is 7.15. The average Bonchev–Trinajstić information content (AvgIpc) is 2.39. The second-order valence-electron chi connectivity index (χ2n) is 3.18. The van der Waals surface area contributed by atoms with Crippen molar-refractivity contribution in [3.8, 4) is 0 Å². The van der Waals surface area contributed by atoms with Gasteiger partial charge in [0.15, 0.2) is 0 Å². The first-order valence-corrected chi connectivity index (χ1v) is 4.47. The monoisotopic (exact) mass is 142 g/mol. The van der Waals surface area contributed by atoms with E-state index in [1.54, 1.807) is 0 Å². The average molecular weight is 142 g/mol. The topological polar surface area (TPSA) is 9.23 Å². The lowest BCUT2D eigenvalue weighted by Gasteiger charge is -2.26. The number of rotatable bonds is 3. The first kappa shape index (κ1) is 8.06. The summed E-state index contributed by atoms with van der Waals surface area (Å²) in [7, 11) is 0. The van der Waals surface area contributed by atoms with Gasteiger partial charge >= 0.3 is 0 Å². The zero-order chi connectivity index (χ0) is 7.45. The van der Waals surface area contributed by atoms with E-state index in [-0.39, 0.29) is 5.60 Å². The van der Waals surface area contributed by atoms with Gasteiger partial charge in [0.25, 0.3) is 0 Å². The van der Waals surface area contributed by atoms with Gasteiger partial charge in [-0.1, -0.05) is 19.8 Å². The molecule has 0 N–H and O–H groups in total. The summed E-state index contributed by atoms with van der Waals surface area (Å²) in [5.74, 6) is 0. The molecule has 1 saturated carbocycles. The molecule has 0 aromatic heterocycles. The van der Waals surface area contributed by atoms with Gasteiger partial charge in [0.2, 0.25) is 0 Å². The van der Waals surface area contributed by atoms with Crippen LogP contribution in [0.3, 0.4) is 0 Å². The van der Waals surface area contributed by atoms with Gasteiger partial charge in [-0.2, -0.15) is 0 Å². The molecule has 0 aromatic carbocycles. The molecule has 0 spiro atoms. The SMILES string of the molecule is CCOC1(CC)CCCC1. The van der Waals surface area contributed by atoms with Gasteiger partial charge < -0.3 is 4.74 Å². The molecule has 0 heterocycles. The molecule has 1 nitrogen and oxygen atoms in total. The molecular formula is C9H18O. The number of hydrogen-bond acceptors (Lipinski definition) is 1. The summed E-state index contributed by atoms with van der Waals surface area (Å²) in [6, 6.07) is 0. The van der Waals surface area contributed by atoms with Gasteiger partial charge in [-0.3, -0.25) is 0 Å². The molecule has 0 aliphatic heterocycles. The maximum atomic E-state index is 5.74. The van der Waals surface area contributed by atoms with Crippen molar-refractivity contribution in [2.45, 2.75) is 51.6 Å². The molecule has 0 aromatic rings. The summed E-state index contributed by atoms with van der Waals surface area (Å²) in [6.45, 7) is 5.21. The van der Waals surface area contributed by atoms with Crippen molar-refractivity contribution in [3.63, 3.8) is 0 Å². The van der Waals surface area contributed by atoms with Crippen LogP contribution in [0, 0.1) is 0 Å². The zero-order valence-electron chi connectivity index (χ0n) is 7.15. The van der Waals surface area contributed by atoms with Crippen molar-refractivity contribution < 1.29 is 4.74 Å². The second-order valence-corrected chi connectivity index (χ2v) is 3.18. The minimum Gasteiger partial charge on any atom is -0.375 e. The minimum absolute atomic E-state index is 0.286. The van der Waals surface area contributed by atoms with Crippen molar-refractivity contribution in [3.05, 3.63) is 0 Å². The Hall–Kier alpha value is -0.0400. The molecule has 1 aliphatic rings. The van der Waals surface area contributed by atoms with E-state index in [2.05, 4.69) is 13.8 Å². The third kappa shape index (κ3) is 1.51. The Labute approximate surface area is 63.8 Å². The van der Waals surface area contributed by atoms with Crippen LogP contribution in [0.25, 0.3) is 0 Å². The lowest BCUT2D eigenvalue weighted by atomic mass is 9.99. The molecule has 0 atom stereocenters. The Morgan fingerprint density at radius 3 is 2.20 bits per heavy atom. The number of hydrogen-bond donors (Lipinski definition) is 0. The first-order valence-electron chi connectivity index (χ1n) is 4.47. The Bertz CT molecular complexity index is 92.9. The summed E-state index contributed by atoms with van der Waals surface area (Å²) in [5, 5.41) is 0. The Morgan fingerprint density at radius 1 is 1.20 bits per heavy atom. The van der Waals surface area contributed by atoms with Crippen LogP contribution < -0.4 is 0 Å². The lowest BCUT2D eigenvalue weighted by molar-refractivity contribution is -0.0366. The Balaban J connectivity index is 2.41. The fourth-order valence-corrected chi connectivity index (χ4v) is 1.93. The van der Waals surface area contributed by atoms with Crippen molar-refractivity contribution in [2.24, 2.45) is 0 Å². The van der Waals surface area contributed by atoms with E-state index >= 15 is 0 Å². The fraction of sp³-hybridized carbons (Fsp3) is 1.00. The van der Waals surface area contributed by atoms with Gasteiger partial charge in [-0.15, -0.1) is 0 Å². The molecule has 1 heteroatoms. The smallest absolute Gasteiger partial charge is 0.0679 e. The Kier molecular flexibility index (Phi) is 2.72. The van der Waals surface area contributed by atoms with E-state index in [1.807, 2.05) is 0 Å². The molecule has 0 radical (unpaired) electrons. The van der Waals surface area contributed by atoms with Crippen molar-refractivity contribution >= 4 is 0 Å². The highest BCUT2D eigenvalue weighted by Crippen LogP contribution is 2.35. The predicted molar refractivity (Wildman–Crippen MR) is 43.1 cm³/mol. The van der Waals surface area contributed by atoms with Crippen LogP contribution in [-0.4, -0.2) is 12.2 Å². The van der Waals surface area contributed by atoms with Crippen molar-refractivity contribution in [2.75, 3.05) is 6.61 Å². The summed E-state index contributed by atoms with van der Waals surface area (Å²) in [4.78, 5) is 0. The molecule has 10 heavy (non-hydrogen) atoms. The molecule has 1 fully saturated rings. The van der Waals surface area contributed by atoms with Crippen molar-refractivity contribution in [1.82, 2.24) is 0 Å².